The molecule has 0 amide bonds. The summed E-state index contributed by atoms with van der Waals surface area (Å²) >= 11 is 7.37. The van der Waals surface area contributed by atoms with E-state index in [-0.39, 0.29) is 5.82 Å². The van der Waals surface area contributed by atoms with E-state index in [1.807, 2.05) is 33.2 Å². The number of aromatic nitrogens is 2. The van der Waals surface area contributed by atoms with E-state index in [0.29, 0.717) is 14.3 Å². The maximum Gasteiger partial charge on any atom is 0.178 e. The van der Waals surface area contributed by atoms with Gasteiger partial charge in [-0.05, 0) is 66.1 Å². The smallest absolute Gasteiger partial charge is 0.178 e. The van der Waals surface area contributed by atoms with Crippen LogP contribution in [0.4, 0.5) is 4.39 Å². The van der Waals surface area contributed by atoms with Crippen molar-refractivity contribution < 1.29 is 4.39 Å². The first-order valence-corrected chi connectivity index (χ1v) is 7.86. The van der Waals surface area contributed by atoms with Crippen molar-refractivity contribution in [3.05, 3.63) is 38.4 Å². The van der Waals surface area contributed by atoms with Gasteiger partial charge in [0.25, 0.3) is 0 Å². The zero-order valence-electron chi connectivity index (χ0n) is 10.3. The average Bonchev–Trinajstić information content (AvgIpc) is 2.68. The van der Waals surface area contributed by atoms with Gasteiger partial charge in [-0.1, -0.05) is 12.2 Å². The molecule has 0 fully saturated rings. The minimum absolute atomic E-state index is 0.181. The van der Waals surface area contributed by atoms with Crippen LogP contribution in [0.3, 0.4) is 0 Å². The van der Waals surface area contributed by atoms with E-state index < -0.39 is 0 Å². The van der Waals surface area contributed by atoms with E-state index in [2.05, 4.69) is 17.1 Å². The summed E-state index contributed by atoms with van der Waals surface area (Å²) in [6.07, 6.45) is 7.86. The van der Waals surface area contributed by atoms with Crippen molar-refractivity contribution in [2.75, 3.05) is 0 Å². The highest BCUT2D eigenvalue weighted by atomic mass is 127. The molecule has 1 aliphatic carbocycles. The molecule has 1 unspecified atom stereocenters. The van der Waals surface area contributed by atoms with Crippen molar-refractivity contribution in [1.82, 2.24) is 9.55 Å². The summed E-state index contributed by atoms with van der Waals surface area (Å²) in [7, 11) is 0. The number of imidazole rings is 1. The van der Waals surface area contributed by atoms with Gasteiger partial charge in [-0.3, -0.25) is 0 Å². The monoisotopic (exact) mass is 388 g/mol. The summed E-state index contributed by atoms with van der Waals surface area (Å²) < 4.78 is 17.1. The first kappa shape index (κ1) is 13.3. The summed E-state index contributed by atoms with van der Waals surface area (Å²) in [5.74, 6) is 0.414. The number of hydrogen-bond donors (Lipinski definition) is 1. The third-order valence-electron chi connectivity index (χ3n) is 3.63. The highest BCUT2D eigenvalue weighted by molar-refractivity contribution is 14.1. The van der Waals surface area contributed by atoms with E-state index in [4.69, 9.17) is 12.2 Å². The van der Waals surface area contributed by atoms with Gasteiger partial charge in [0.2, 0.25) is 0 Å². The second-order valence-corrected chi connectivity index (χ2v) is 6.52. The lowest BCUT2D eigenvalue weighted by Crippen LogP contribution is -2.12. The number of rotatable bonds is 2. The molecule has 0 saturated heterocycles. The third kappa shape index (κ3) is 2.63. The van der Waals surface area contributed by atoms with E-state index in [9.17, 15) is 4.39 Å². The molecule has 1 atom stereocenters. The minimum atomic E-state index is -0.181. The Hall–Kier alpha value is -0.690. The number of halogens is 2. The van der Waals surface area contributed by atoms with Crippen molar-refractivity contribution in [2.45, 2.75) is 25.8 Å². The molecule has 2 aromatic rings. The number of hydrogen-bond acceptors (Lipinski definition) is 1. The summed E-state index contributed by atoms with van der Waals surface area (Å²) in [5.41, 5.74) is 1.79. The van der Waals surface area contributed by atoms with Crippen molar-refractivity contribution in [2.24, 2.45) is 5.92 Å². The summed E-state index contributed by atoms with van der Waals surface area (Å²) in [6.45, 7) is 0.864. The maximum absolute atomic E-state index is 13.7. The summed E-state index contributed by atoms with van der Waals surface area (Å²) in [4.78, 5) is 3.17. The van der Waals surface area contributed by atoms with Gasteiger partial charge in [-0.2, -0.15) is 0 Å². The Kier molecular flexibility index (Phi) is 3.75. The molecule has 0 spiro atoms. The second-order valence-electron chi connectivity index (χ2n) is 4.97. The Morgan fingerprint density at radius 2 is 2.26 bits per heavy atom. The van der Waals surface area contributed by atoms with Gasteiger partial charge in [0.05, 0.1) is 14.6 Å². The molecule has 3 rings (SSSR count). The van der Waals surface area contributed by atoms with Crippen LogP contribution in [0.15, 0.2) is 24.3 Å². The number of fused-ring (bicyclic) bond motifs is 1. The molecular formula is C14H14FIN2S. The molecule has 1 heterocycles. The van der Waals surface area contributed by atoms with Crippen molar-refractivity contribution in [3.63, 3.8) is 0 Å². The van der Waals surface area contributed by atoms with Gasteiger partial charge in [0.15, 0.2) is 4.77 Å². The molecule has 1 N–H and O–H groups in total. The predicted molar refractivity (Wildman–Crippen MR) is 86.3 cm³/mol. The van der Waals surface area contributed by atoms with E-state index in [1.165, 1.54) is 6.42 Å². The fourth-order valence-corrected chi connectivity index (χ4v) is 3.36. The van der Waals surface area contributed by atoms with Crippen LogP contribution in [0.25, 0.3) is 11.0 Å². The number of allylic oxidation sites excluding steroid dienone is 2. The molecule has 1 aliphatic rings. The molecule has 1 aromatic carbocycles. The number of nitrogens with one attached hydrogen (secondary N) is 1. The quantitative estimate of drug-likeness (QED) is 0.445. The Bertz CT molecular complexity index is 701. The molecule has 1 aromatic heterocycles. The molecular weight excluding hydrogens is 374 g/mol. The Balaban J connectivity index is 2.02. The van der Waals surface area contributed by atoms with Crippen LogP contribution in [0.1, 0.15) is 19.3 Å². The van der Waals surface area contributed by atoms with Crippen molar-refractivity contribution in [3.8, 4) is 0 Å². The van der Waals surface area contributed by atoms with Crippen LogP contribution in [-0.4, -0.2) is 9.55 Å². The topological polar surface area (TPSA) is 20.7 Å². The third-order valence-corrected chi connectivity index (χ3v) is 4.78. The van der Waals surface area contributed by atoms with Gasteiger partial charge in [-0.25, -0.2) is 4.39 Å². The Morgan fingerprint density at radius 3 is 3.00 bits per heavy atom. The summed E-state index contributed by atoms with van der Waals surface area (Å²) in [6, 6.07) is 3.40. The van der Waals surface area contributed by atoms with Crippen LogP contribution in [0.2, 0.25) is 0 Å². The maximum atomic E-state index is 13.7. The van der Waals surface area contributed by atoms with Gasteiger partial charge in [0.1, 0.15) is 5.82 Å². The Morgan fingerprint density at radius 1 is 1.42 bits per heavy atom. The van der Waals surface area contributed by atoms with Crippen LogP contribution in [0, 0.1) is 20.1 Å². The zero-order valence-corrected chi connectivity index (χ0v) is 13.3. The van der Waals surface area contributed by atoms with Crippen molar-refractivity contribution >= 4 is 45.8 Å². The Labute approximate surface area is 129 Å². The van der Waals surface area contributed by atoms with Gasteiger partial charge < -0.3 is 9.55 Å². The lowest BCUT2D eigenvalue weighted by atomic mass is 9.94. The number of nitrogens with zero attached hydrogens (tertiary/aromatic N) is 1. The lowest BCUT2D eigenvalue weighted by Gasteiger charge is -2.18. The molecule has 0 aliphatic heterocycles. The minimum Gasteiger partial charge on any atom is -0.331 e. The van der Waals surface area contributed by atoms with Gasteiger partial charge in [-0.15, -0.1) is 0 Å². The normalized spacial score (nSPS) is 19.2. The molecule has 2 nitrogen and oxygen atoms in total. The standard InChI is InChI=1S/C14H14FIN2S/c15-10-6-13-12(7-11(10)16)17-14(19)18(13)8-9-4-2-1-3-5-9/h1-2,6-7,9H,3-5,8H2,(H,17,19). The largest absolute Gasteiger partial charge is 0.331 e. The molecule has 0 radical (unpaired) electrons. The van der Waals surface area contributed by atoms with E-state index in [1.54, 1.807) is 6.07 Å². The van der Waals surface area contributed by atoms with Crippen LogP contribution in [-0.2, 0) is 6.54 Å². The predicted octanol–water partition coefficient (Wildman–Crippen LogP) is 4.80. The lowest BCUT2D eigenvalue weighted by molar-refractivity contribution is 0.413. The fourth-order valence-electron chi connectivity index (χ4n) is 2.61. The highest BCUT2D eigenvalue weighted by Crippen LogP contribution is 2.25. The summed E-state index contributed by atoms with van der Waals surface area (Å²) in [5, 5.41) is 0. The second kappa shape index (κ2) is 5.36. The van der Waals surface area contributed by atoms with Crippen LogP contribution < -0.4 is 0 Å². The highest BCUT2D eigenvalue weighted by Gasteiger charge is 2.14. The molecule has 0 bridgehead atoms. The van der Waals surface area contributed by atoms with Gasteiger partial charge in [0, 0.05) is 12.6 Å². The van der Waals surface area contributed by atoms with E-state index in [0.717, 1.165) is 30.4 Å². The van der Waals surface area contributed by atoms with Crippen LogP contribution in [0.5, 0.6) is 0 Å². The molecule has 5 heteroatoms. The van der Waals surface area contributed by atoms with Crippen LogP contribution >= 0.6 is 34.8 Å². The fraction of sp³-hybridized carbons (Fsp3) is 0.357. The molecule has 19 heavy (non-hydrogen) atoms. The number of benzene rings is 1. The number of aromatic amines is 1. The SMILES string of the molecule is Fc1cc2c(cc1I)[nH]c(=S)n2CC1CC=CCC1. The van der Waals surface area contributed by atoms with Crippen molar-refractivity contribution in [1.29, 1.82) is 0 Å². The van der Waals surface area contributed by atoms with Gasteiger partial charge >= 0.3 is 0 Å². The molecule has 100 valence electrons. The average molecular weight is 388 g/mol. The number of H-pyrrole nitrogens is 1. The molecule has 0 saturated carbocycles. The first-order chi connectivity index (χ1) is 9.15. The first-order valence-electron chi connectivity index (χ1n) is 6.37. The zero-order chi connectivity index (χ0) is 13.4. The van der Waals surface area contributed by atoms with E-state index >= 15 is 0 Å².